The van der Waals surface area contributed by atoms with Gasteiger partial charge in [0.25, 0.3) is 5.91 Å². The van der Waals surface area contributed by atoms with Crippen molar-refractivity contribution in [1.29, 1.82) is 0 Å². The molecule has 3 aliphatic rings. The Morgan fingerprint density at radius 3 is 2.73 bits per heavy atom. The van der Waals surface area contributed by atoms with Crippen LogP contribution in [0.1, 0.15) is 29.6 Å². The lowest BCUT2D eigenvalue weighted by atomic mass is 9.77. The zero-order valence-electron chi connectivity index (χ0n) is 20.5. The molecule has 3 aliphatic heterocycles. The van der Waals surface area contributed by atoms with Crippen molar-refractivity contribution in [3.63, 3.8) is 0 Å². The predicted octanol–water partition coefficient (Wildman–Crippen LogP) is 2.67. The number of nitrogens with zero attached hydrogens (tertiary/aromatic N) is 4. The second-order valence-corrected chi connectivity index (χ2v) is 9.79. The van der Waals surface area contributed by atoms with E-state index in [9.17, 15) is 14.4 Å². The van der Waals surface area contributed by atoms with E-state index in [1.807, 2.05) is 17.0 Å². The van der Waals surface area contributed by atoms with Gasteiger partial charge in [0.2, 0.25) is 11.8 Å². The number of likely N-dealkylation sites (tertiary alicyclic amines) is 1. The van der Waals surface area contributed by atoms with Crippen LogP contribution in [-0.2, 0) is 9.59 Å². The summed E-state index contributed by atoms with van der Waals surface area (Å²) in [6.07, 6.45) is 3.87. The number of rotatable bonds is 5. The lowest BCUT2D eigenvalue weighted by molar-refractivity contribution is -0.127. The number of piperidine rings is 1. The highest BCUT2D eigenvalue weighted by atomic mass is 16.5. The third-order valence-corrected chi connectivity index (χ3v) is 7.66. The van der Waals surface area contributed by atoms with Crippen molar-refractivity contribution in [1.82, 2.24) is 14.9 Å². The molecular weight excluding hydrogens is 474 g/mol. The number of anilines is 2. The van der Waals surface area contributed by atoms with Gasteiger partial charge in [-0.25, -0.2) is 4.98 Å². The van der Waals surface area contributed by atoms with Gasteiger partial charge in [0.15, 0.2) is 12.4 Å². The van der Waals surface area contributed by atoms with Crippen molar-refractivity contribution in [2.24, 2.45) is 5.41 Å². The Hall–Kier alpha value is -4.05. The van der Waals surface area contributed by atoms with Gasteiger partial charge in [0, 0.05) is 24.4 Å². The van der Waals surface area contributed by atoms with Gasteiger partial charge in [-0.2, -0.15) is 0 Å². The van der Waals surface area contributed by atoms with Crippen molar-refractivity contribution in [3.05, 3.63) is 48.2 Å². The van der Waals surface area contributed by atoms with E-state index in [0.717, 1.165) is 12.1 Å². The molecule has 0 bridgehead atoms. The van der Waals surface area contributed by atoms with Crippen molar-refractivity contribution in [3.8, 4) is 11.6 Å². The fourth-order valence-corrected chi connectivity index (χ4v) is 5.53. The summed E-state index contributed by atoms with van der Waals surface area (Å²) in [5, 5.41) is 2.74. The number of hydrogen-bond acceptors (Lipinski definition) is 8. The van der Waals surface area contributed by atoms with Crippen molar-refractivity contribution >= 4 is 40.0 Å². The molecular formula is C27H27N5O5. The number of carbonyl (C=O) groups is 3. The number of pyridine rings is 2. The molecule has 5 heterocycles. The minimum absolute atomic E-state index is 0.0198. The number of fused-ring (bicyclic) bond motifs is 2. The van der Waals surface area contributed by atoms with Crippen LogP contribution >= 0.6 is 0 Å². The van der Waals surface area contributed by atoms with Gasteiger partial charge in [0.1, 0.15) is 11.3 Å². The molecule has 10 nitrogen and oxygen atoms in total. The average molecular weight is 502 g/mol. The molecule has 0 aliphatic carbocycles. The summed E-state index contributed by atoms with van der Waals surface area (Å²) >= 11 is 0. The largest absolute Gasteiger partial charge is 0.482 e. The van der Waals surface area contributed by atoms with E-state index in [1.165, 1.54) is 0 Å². The van der Waals surface area contributed by atoms with Crippen LogP contribution in [0, 0.1) is 5.41 Å². The van der Waals surface area contributed by atoms with Gasteiger partial charge in [-0.05, 0) is 62.7 Å². The molecule has 0 atom stereocenters. The topological polar surface area (TPSA) is 114 Å². The number of ether oxygens (including phenoxy) is 2. The maximum absolute atomic E-state index is 13.7. The minimum Gasteiger partial charge on any atom is -0.482 e. The van der Waals surface area contributed by atoms with E-state index >= 15 is 0 Å². The third-order valence-electron chi connectivity index (χ3n) is 7.66. The highest BCUT2D eigenvalue weighted by Gasteiger charge is 2.49. The first-order valence-corrected chi connectivity index (χ1v) is 12.4. The lowest BCUT2D eigenvalue weighted by Gasteiger charge is -2.37. The predicted molar refractivity (Wildman–Crippen MR) is 136 cm³/mol. The second-order valence-electron chi connectivity index (χ2n) is 9.79. The Morgan fingerprint density at radius 1 is 1.11 bits per heavy atom. The number of hydrogen-bond donors (Lipinski definition) is 1. The van der Waals surface area contributed by atoms with E-state index < -0.39 is 5.41 Å². The number of methoxy groups -OCH3 is 1. The first-order chi connectivity index (χ1) is 18.0. The van der Waals surface area contributed by atoms with Crippen LogP contribution in [0.5, 0.6) is 11.6 Å². The molecule has 6 rings (SSSR count). The molecule has 0 saturated carbocycles. The number of nitrogens with one attached hydrogen (secondary N) is 1. The van der Waals surface area contributed by atoms with Crippen LogP contribution in [0.15, 0.2) is 42.6 Å². The van der Waals surface area contributed by atoms with Crippen LogP contribution in [0.25, 0.3) is 11.0 Å². The van der Waals surface area contributed by atoms with Gasteiger partial charge < -0.3 is 19.7 Å². The molecule has 2 aromatic heterocycles. The maximum atomic E-state index is 13.7. The highest BCUT2D eigenvalue weighted by Crippen LogP contribution is 2.44. The molecule has 1 N–H and O–H groups in total. The minimum atomic E-state index is -0.429. The van der Waals surface area contributed by atoms with Crippen LogP contribution in [0.3, 0.4) is 0 Å². The quantitative estimate of drug-likeness (QED) is 0.531. The fourth-order valence-electron chi connectivity index (χ4n) is 5.53. The molecule has 2 amide bonds. The lowest BCUT2D eigenvalue weighted by Crippen LogP contribution is -2.46. The SMILES string of the molecule is COc1ccc2nccc(N3CCC4(CCN(CC(=O)c5ccc6c(c5)NC(=O)CO6)CC4)C3=O)c2n1. The molecule has 1 aromatic carbocycles. The molecule has 2 saturated heterocycles. The zero-order valence-corrected chi connectivity index (χ0v) is 20.5. The molecule has 1 spiro atoms. The molecule has 2 fully saturated rings. The van der Waals surface area contributed by atoms with Gasteiger partial charge in [-0.15, -0.1) is 0 Å². The average Bonchev–Trinajstić information content (AvgIpc) is 3.23. The molecule has 10 heteroatoms. The number of amides is 2. The zero-order chi connectivity index (χ0) is 25.6. The molecule has 0 unspecified atom stereocenters. The first-order valence-electron chi connectivity index (χ1n) is 12.4. The van der Waals surface area contributed by atoms with Gasteiger partial charge >= 0.3 is 0 Å². The van der Waals surface area contributed by atoms with Crippen molar-refractivity contribution in [2.75, 3.05) is 50.1 Å². The van der Waals surface area contributed by atoms with E-state index in [4.69, 9.17) is 9.47 Å². The Kier molecular flexibility index (Phi) is 5.75. The normalized spacial score (nSPS) is 19.0. The van der Waals surface area contributed by atoms with Gasteiger partial charge in [-0.3, -0.25) is 24.3 Å². The fraction of sp³-hybridized carbons (Fsp3) is 0.370. The van der Waals surface area contributed by atoms with Crippen LogP contribution in [-0.4, -0.2) is 72.4 Å². The second kappa shape index (κ2) is 9.11. The van der Waals surface area contributed by atoms with E-state index in [-0.39, 0.29) is 30.7 Å². The number of Topliss-reactive ketones (excluding diaryl/α,β-unsaturated/α-hetero) is 1. The standard InChI is InChI=1S/C27H27N5O5/c1-36-24-5-3-18-25(30-24)20(6-10-28-18)32-13-9-27(26(32)35)7-11-31(12-8-27)15-21(33)17-2-4-22-19(14-17)29-23(34)16-37-22/h2-6,10,14H,7-9,11-13,15-16H2,1H3,(H,29,34). The third kappa shape index (κ3) is 4.17. The highest BCUT2D eigenvalue weighted by molar-refractivity contribution is 6.05. The van der Waals surface area contributed by atoms with E-state index in [2.05, 4.69) is 20.2 Å². The van der Waals surface area contributed by atoms with Gasteiger partial charge in [-0.1, -0.05) is 0 Å². The molecule has 190 valence electrons. The summed E-state index contributed by atoms with van der Waals surface area (Å²) in [4.78, 5) is 51.2. The van der Waals surface area contributed by atoms with Crippen molar-refractivity contribution < 1.29 is 23.9 Å². The number of aromatic nitrogens is 2. The summed E-state index contributed by atoms with van der Waals surface area (Å²) in [7, 11) is 1.57. The van der Waals surface area contributed by atoms with Crippen LogP contribution in [0.2, 0.25) is 0 Å². The molecule has 3 aromatic rings. The number of carbonyl (C=O) groups excluding carboxylic acids is 3. The summed E-state index contributed by atoms with van der Waals surface area (Å²) in [5.74, 6) is 0.900. The smallest absolute Gasteiger partial charge is 0.262 e. The summed E-state index contributed by atoms with van der Waals surface area (Å²) in [5.41, 5.74) is 2.75. The first kappa shape index (κ1) is 23.4. The molecule has 37 heavy (non-hydrogen) atoms. The van der Waals surface area contributed by atoms with Crippen LogP contribution < -0.4 is 19.7 Å². The summed E-state index contributed by atoms with van der Waals surface area (Å²) < 4.78 is 10.7. The summed E-state index contributed by atoms with van der Waals surface area (Å²) in [6, 6.07) is 10.6. The van der Waals surface area contributed by atoms with E-state index in [0.29, 0.717) is 66.4 Å². The maximum Gasteiger partial charge on any atom is 0.262 e. The number of benzene rings is 1. The number of ketones is 1. The van der Waals surface area contributed by atoms with E-state index in [1.54, 1.807) is 37.6 Å². The summed E-state index contributed by atoms with van der Waals surface area (Å²) in [6.45, 7) is 2.20. The monoisotopic (exact) mass is 501 g/mol. The van der Waals surface area contributed by atoms with Crippen molar-refractivity contribution in [2.45, 2.75) is 19.3 Å². The molecule has 0 radical (unpaired) electrons. The van der Waals surface area contributed by atoms with Crippen LogP contribution in [0.4, 0.5) is 11.4 Å². The Morgan fingerprint density at radius 2 is 1.92 bits per heavy atom. The Balaban J connectivity index is 1.13. The van der Waals surface area contributed by atoms with Gasteiger partial charge in [0.05, 0.1) is 36.0 Å². The Labute approximate surface area is 213 Å². The Bertz CT molecular complexity index is 1420.